The highest BCUT2D eigenvalue weighted by Crippen LogP contribution is 2.10. The minimum atomic E-state index is 0.275. The van der Waals surface area contributed by atoms with Gasteiger partial charge in [0.1, 0.15) is 0 Å². The van der Waals surface area contributed by atoms with Gasteiger partial charge in [0.05, 0.1) is 6.61 Å². The van der Waals surface area contributed by atoms with Gasteiger partial charge < -0.3 is 10.0 Å². The molecular formula is C15H25N3O. The fraction of sp³-hybridized carbons (Fsp3) is 0.600. The Morgan fingerprint density at radius 2 is 1.58 bits per heavy atom. The quantitative estimate of drug-likeness (QED) is 0.820. The van der Waals surface area contributed by atoms with Crippen LogP contribution in [-0.2, 0) is 0 Å². The zero-order chi connectivity index (χ0) is 13.5. The topological polar surface area (TPSA) is 30.0 Å². The first-order chi connectivity index (χ1) is 9.29. The molecule has 19 heavy (non-hydrogen) atoms. The van der Waals surface area contributed by atoms with Crippen molar-refractivity contribution in [3.8, 4) is 0 Å². The Morgan fingerprint density at radius 1 is 1.00 bits per heavy atom. The molecule has 1 aromatic carbocycles. The Balaban J connectivity index is 1.69. The van der Waals surface area contributed by atoms with Crippen LogP contribution in [0.5, 0.6) is 0 Å². The molecule has 1 aliphatic rings. The van der Waals surface area contributed by atoms with Crippen LogP contribution in [0, 0.1) is 0 Å². The van der Waals surface area contributed by atoms with Gasteiger partial charge >= 0.3 is 0 Å². The van der Waals surface area contributed by atoms with Crippen molar-refractivity contribution >= 4 is 5.69 Å². The normalized spacial score (nSPS) is 17.6. The smallest absolute Gasteiger partial charge is 0.0558 e. The van der Waals surface area contributed by atoms with Crippen molar-refractivity contribution in [2.24, 2.45) is 0 Å². The number of β-amino-alcohol motifs (C(OH)–C–C–N with tert-alkyl or cyclic N) is 1. The molecule has 1 aliphatic heterocycles. The maximum atomic E-state index is 8.92. The standard InChI is InChI=1S/C15H25N3O/c1-16(15-5-3-2-4-6-15)7-8-17-9-11-18(12-10-17)13-14-19/h2-6,19H,7-14H2,1H3. The number of aliphatic hydroxyl groups is 1. The Labute approximate surface area is 116 Å². The second-order valence-corrected chi connectivity index (χ2v) is 5.16. The maximum absolute atomic E-state index is 8.92. The number of nitrogens with zero attached hydrogens (tertiary/aromatic N) is 3. The predicted molar refractivity (Wildman–Crippen MR) is 79.7 cm³/mol. The van der Waals surface area contributed by atoms with Crippen molar-refractivity contribution in [2.75, 3.05) is 64.4 Å². The van der Waals surface area contributed by atoms with Crippen LogP contribution in [0.3, 0.4) is 0 Å². The van der Waals surface area contributed by atoms with E-state index >= 15 is 0 Å². The van der Waals surface area contributed by atoms with Gasteiger partial charge in [-0.3, -0.25) is 9.80 Å². The number of para-hydroxylation sites is 1. The van der Waals surface area contributed by atoms with E-state index in [1.807, 2.05) is 0 Å². The number of rotatable bonds is 6. The van der Waals surface area contributed by atoms with Gasteiger partial charge in [-0.15, -0.1) is 0 Å². The van der Waals surface area contributed by atoms with Gasteiger partial charge in [0.15, 0.2) is 0 Å². The van der Waals surface area contributed by atoms with Crippen LogP contribution in [0.15, 0.2) is 30.3 Å². The lowest BCUT2D eigenvalue weighted by molar-refractivity contribution is 0.114. The lowest BCUT2D eigenvalue weighted by atomic mass is 10.3. The predicted octanol–water partition coefficient (Wildman–Crippen LogP) is 0.733. The molecule has 2 rings (SSSR count). The fourth-order valence-corrected chi connectivity index (χ4v) is 2.48. The number of likely N-dealkylation sites (N-methyl/N-ethyl adjacent to an activating group) is 1. The van der Waals surface area contributed by atoms with Gasteiger partial charge in [-0.25, -0.2) is 0 Å². The zero-order valence-electron chi connectivity index (χ0n) is 11.8. The van der Waals surface area contributed by atoms with Gasteiger partial charge in [0, 0.05) is 58.5 Å². The first-order valence-corrected chi connectivity index (χ1v) is 7.11. The Hall–Kier alpha value is -1.10. The van der Waals surface area contributed by atoms with Crippen molar-refractivity contribution in [3.05, 3.63) is 30.3 Å². The van der Waals surface area contributed by atoms with E-state index in [9.17, 15) is 0 Å². The molecule has 4 nitrogen and oxygen atoms in total. The van der Waals surface area contributed by atoms with Crippen molar-refractivity contribution in [3.63, 3.8) is 0 Å². The van der Waals surface area contributed by atoms with E-state index in [4.69, 9.17) is 5.11 Å². The van der Waals surface area contributed by atoms with Crippen molar-refractivity contribution in [1.29, 1.82) is 0 Å². The minimum Gasteiger partial charge on any atom is -0.395 e. The second-order valence-electron chi connectivity index (χ2n) is 5.16. The van der Waals surface area contributed by atoms with Crippen LogP contribution < -0.4 is 4.90 Å². The number of piperazine rings is 1. The zero-order valence-corrected chi connectivity index (χ0v) is 11.8. The fourth-order valence-electron chi connectivity index (χ4n) is 2.48. The van der Waals surface area contributed by atoms with Crippen LogP contribution in [-0.4, -0.2) is 74.4 Å². The van der Waals surface area contributed by atoms with E-state index in [0.29, 0.717) is 0 Å². The number of anilines is 1. The highest BCUT2D eigenvalue weighted by atomic mass is 16.3. The summed E-state index contributed by atoms with van der Waals surface area (Å²) in [7, 11) is 2.15. The molecule has 0 spiro atoms. The van der Waals surface area contributed by atoms with E-state index in [0.717, 1.165) is 45.8 Å². The molecule has 0 saturated carbocycles. The number of aliphatic hydroxyl groups excluding tert-OH is 1. The van der Waals surface area contributed by atoms with Gasteiger partial charge in [0.25, 0.3) is 0 Å². The molecule has 0 amide bonds. The molecule has 4 heteroatoms. The largest absolute Gasteiger partial charge is 0.395 e. The summed E-state index contributed by atoms with van der Waals surface area (Å²) in [6.07, 6.45) is 0. The second kappa shape index (κ2) is 7.48. The van der Waals surface area contributed by atoms with Crippen molar-refractivity contribution in [1.82, 2.24) is 9.80 Å². The molecule has 1 saturated heterocycles. The summed E-state index contributed by atoms with van der Waals surface area (Å²) < 4.78 is 0. The summed E-state index contributed by atoms with van der Waals surface area (Å²) in [4.78, 5) is 7.14. The lowest BCUT2D eigenvalue weighted by Crippen LogP contribution is -2.48. The highest BCUT2D eigenvalue weighted by molar-refractivity contribution is 5.44. The Morgan fingerprint density at radius 3 is 2.16 bits per heavy atom. The van der Waals surface area contributed by atoms with E-state index in [2.05, 4.69) is 52.1 Å². The SMILES string of the molecule is CN(CCN1CCN(CCO)CC1)c1ccccc1. The van der Waals surface area contributed by atoms with Crippen LogP contribution >= 0.6 is 0 Å². The third-order valence-corrected chi connectivity index (χ3v) is 3.83. The summed E-state index contributed by atoms with van der Waals surface area (Å²) in [5, 5.41) is 8.92. The molecule has 1 N–H and O–H groups in total. The molecule has 1 fully saturated rings. The number of hydrogen-bond donors (Lipinski definition) is 1. The van der Waals surface area contributed by atoms with E-state index in [1.54, 1.807) is 0 Å². The molecule has 0 radical (unpaired) electrons. The van der Waals surface area contributed by atoms with Gasteiger partial charge in [-0.05, 0) is 12.1 Å². The van der Waals surface area contributed by atoms with Crippen LogP contribution in [0.2, 0.25) is 0 Å². The molecule has 1 aromatic rings. The molecule has 0 aliphatic carbocycles. The molecule has 0 bridgehead atoms. The van der Waals surface area contributed by atoms with Crippen molar-refractivity contribution < 1.29 is 5.11 Å². The first kappa shape index (κ1) is 14.3. The van der Waals surface area contributed by atoms with E-state index in [-0.39, 0.29) is 6.61 Å². The summed E-state index contributed by atoms with van der Waals surface area (Å²) in [6, 6.07) is 10.5. The maximum Gasteiger partial charge on any atom is 0.0558 e. The summed E-state index contributed by atoms with van der Waals surface area (Å²) in [6.45, 7) is 7.65. The van der Waals surface area contributed by atoms with E-state index in [1.165, 1.54) is 5.69 Å². The average molecular weight is 263 g/mol. The third kappa shape index (κ3) is 4.49. The lowest BCUT2D eigenvalue weighted by Gasteiger charge is -2.35. The first-order valence-electron chi connectivity index (χ1n) is 7.11. The molecule has 1 heterocycles. The van der Waals surface area contributed by atoms with Crippen LogP contribution in [0.4, 0.5) is 5.69 Å². The number of benzene rings is 1. The number of hydrogen-bond acceptors (Lipinski definition) is 4. The van der Waals surface area contributed by atoms with Crippen LogP contribution in [0.1, 0.15) is 0 Å². The molecule has 106 valence electrons. The van der Waals surface area contributed by atoms with Crippen LogP contribution in [0.25, 0.3) is 0 Å². The molecule has 0 aromatic heterocycles. The average Bonchev–Trinajstić information content (AvgIpc) is 2.47. The molecule has 0 unspecified atom stereocenters. The van der Waals surface area contributed by atoms with Gasteiger partial charge in [0.2, 0.25) is 0 Å². The Kier molecular flexibility index (Phi) is 5.63. The summed E-state index contributed by atoms with van der Waals surface area (Å²) in [5.41, 5.74) is 1.28. The van der Waals surface area contributed by atoms with Crippen molar-refractivity contribution in [2.45, 2.75) is 0 Å². The third-order valence-electron chi connectivity index (χ3n) is 3.83. The highest BCUT2D eigenvalue weighted by Gasteiger charge is 2.16. The van der Waals surface area contributed by atoms with Gasteiger partial charge in [-0.1, -0.05) is 18.2 Å². The molecular weight excluding hydrogens is 238 g/mol. The summed E-state index contributed by atoms with van der Waals surface area (Å²) in [5.74, 6) is 0. The summed E-state index contributed by atoms with van der Waals surface area (Å²) >= 11 is 0. The Bertz CT molecular complexity index is 350. The van der Waals surface area contributed by atoms with Gasteiger partial charge in [-0.2, -0.15) is 0 Å². The minimum absolute atomic E-state index is 0.275. The van der Waals surface area contributed by atoms with E-state index < -0.39 is 0 Å². The monoisotopic (exact) mass is 263 g/mol. The molecule has 0 atom stereocenters.